The van der Waals surface area contributed by atoms with Gasteiger partial charge in [0.15, 0.2) is 0 Å². The molecule has 0 spiro atoms. The van der Waals surface area contributed by atoms with Crippen LogP contribution in [0.3, 0.4) is 0 Å². The minimum atomic E-state index is 0.859. The molecule has 0 unspecified atom stereocenters. The van der Waals surface area contributed by atoms with Crippen molar-refractivity contribution < 1.29 is 0 Å². The van der Waals surface area contributed by atoms with Gasteiger partial charge in [-0.25, -0.2) is 0 Å². The molecule has 1 heterocycles. The number of allylic oxidation sites excluding steroid dienone is 1. The van der Waals surface area contributed by atoms with E-state index in [0.717, 1.165) is 17.4 Å². The largest absolute Gasteiger partial charge is 0.308 e. The molecule has 0 aliphatic carbocycles. The monoisotopic (exact) mass is 201 g/mol. The summed E-state index contributed by atoms with van der Waals surface area (Å²) in [6.45, 7) is 3.84. The van der Waals surface area contributed by atoms with Crippen LogP contribution in [0.2, 0.25) is 4.34 Å². The zero-order valence-corrected chi connectivity index (χ0v) is 8.58. The smallest absolute Gasteiger partial charge is 0.0931 e. The molecule has 0 aliphatic heterocycles. The molecule has 12 heavy (non-hydrogen) atoms. The second-order valence-corrected chi connectivity index (χ2v) is 4.21. The summed E-state index contributed by atoms with van der Waals surface area (Å²) < 4.78 is 0.859. The summed E-state index contributed by atoms with van der Waals surface area (Å²) in [4.78, 5) is 1.28. The van der Waals surface area contributed by atoms with E-state index in [0.29, 0.717) is 0 Å². The maximum Gasteiger partial charge on any atom is 0.0931 e. The summed E-state index contributed by atoms with van der Waals surface area (Å²) in [5, 5.41) is 3.28. The van der Waals surface area contributed by atoms with Crippen molar-refractivity contribution in [2.45, 2.75) is 13.5 Å². The minimum Gasteiger partial charge on any atom is -0.308 e. The molecule has 0 atom stereocenters. The van der Waals surface area contributed by atoms with Gasteiger partial charge in [-0.15, -0.1) is 11.3 Å². The maximum atomic E-state index is 5.78. The van der Waals surface area contributed by atoms with E-state index in [1.165, 1.54) is 4.88 Å². The van der Waals surface area contributed by atoms with Gasteiger partial charge in [0.05, 0.1) is 4.34 Å². The highest BCUT2D eigenvalue weighted by molar-refractivity contribution is 7.16. The molecule has 0 saturated heterocycles. The third-order valence-electron chi connectivity index (χ3n) is 1.43. The number of halogens is 1. The topological polar surface area (TPSA) is 12.0 Å². The first kappa shape index (κ1) is 9.78. The highest BCUT2D eigenvalue weighted by atomic mass is 35.5. The van der Waals surface area contributed by atoms with Crippen molar-refractivity contribution in [2.24, 2.45) is 0 Å². The molecule has 0 saturated carbocycles. The van der Waals surface area contributed by atoms with E-state index in [1.54, 1.807) is 11.3 Å². The number of thiophene rings is 1. The van der Waals surface area contributed by atoms with Crippen LogP contribution in [0.25, 0.3) is 0 Å². The molecule has 0 radical (unpaired) electrons. The van der Waals surface area contributed by atoms with E-state index >= 15 is 0 Å². The van der Waals surface area contributed by atoms with E-state index in [2.05, 4.69) is 17.5 Å². The number of rotatable bonds is 4. The quantitative estimate of drug-likeness (QED) is 0.583. The van der Waals surface area contributed by atoms with Crippen molar-refractivity contribution >= 4 is 22.9 Å². The van der Waals surface area contributed by atoms with Gasteiger partial charge in [0, 0.05) is 18.0 Å². The number of hydrogen-bond donors (Lipinski definition) is 1. The highest BCUT2D eigenvalue weighted by Crippen LogP contribution is 2.20. The number of hydrogen-bond acceptors (Lipinski definition) is 2. The predicted molar refractivity (Wildman–Crippen MR) is 55.8 cm³/mol. The fraction of sp³-hybridized carbons (Fsp3) is 0.333. The van der Waals surface area contributed by atoms with Gasteiger partial charge >= 0.3 is 0 Å². The zero-order chi connectivity index (χ0) is 8.81. The normalized spacial score (nSPS) is 11.2. The molecular formula is C9H12ClNS. The summed E-state index contributed by atoms with van der Waals surface area (Å²) >= 11 is 7.40. The first-order chi connectivity index (χ1) is 5.83. The Balaban J connectivity index is 2.24. The Morgan fingerprint density at radius 1 is 1.58 bits per heavy atom. The lowest BCUT2D eigenvalue weighted by atomic mass is 10.4. The fourth-order valence-electron chi connectivity index (χ4n) is 0.843. The summed E-state index contributed by atoms with van der Waals surface area (Å²) in [7, 11) is 0. The van der Waals surface area contributed by atoms with Gasteiger partial charge in [-0.1, -0.05) is 23.8 Å². The summed E-state index contributed by atoms with van der Waals surface area (Å²) in [6, 6.07) is 3.98. The second-order valence-electron chi connectivity index (χ2n) is 2.41. The van der Waals surface area contributed by atoms with Crippen LogP contribution in [0.4, 0.5) is 0 Å². The molecule has 0 amide bonds. The summed E-state index contributed by atoms with van der Waals surface area (Å²) in [5.41, 5.74) is 0. The highest BCUT2D eigenvalue weighted by Gasteiger charge is 1.95. The molecule has 1 nitrogen and oxygen atoms in total. The van der Waals surface area contributed by atoms with Gasteiger partial charge in [-0.05, 0) is 19.1 Å². The van der Waals surface area contributed by atoms with Crippen LogP contribution < -0.4 is 5.32 Å². The van der Waals surface area contributed by atoms with Crippen LogP contribution >= 0.6 is 22.9 Å². The first-order valence-corrected chi connectivity index (χ1v) is 5.08. The molecule has 1 aromatic heterocycles. The van der Waals surface area contributed by atoms with Crippen LogP contribution in [-0.4, -0.2) is 6.54 Å². The minimum absolute atomic E-state index is 0.859. The first-order valence-electron chi connectivity index (χ1n) is 3.89. The Labute approximate surface area is 82.1 Å². The maximum absolute atomic E-state index is 5.78. The fourth-order valence-corrected chi connectivity index (χ4v) is 1.90. The molecule has 0 fully saturated rings. The second kappa shape index (κ2) is 5.36. The van der Waals surface area contributed by atoms with Crippen molar-refractivity contribution in [1.29, 1.82) is 0 Å². The van der Waals surface area contributed by atoms with E-state index in [4.69, 9.17) is 11.6 Å². The Morgan fingerprint density at radius 3 is 3.00 bits per heavy atom. The standard InChI is InChI=1S/C9H12ClNS/c1-2-3-6-11-7-8-4-5-9(10)12-8/h2-5,11H,6-7H2,1H3/b3-2+. The van der Waals surface area contributed by atoms with E-state index in [9.17, 15) is 0 Å². The average molecular weight is 202 g/mol. The summed E-state index contributed by atoms with van der Waals surface area (Å²) in [5.74, 6) is 0. The van der Waals surface area contributed by atoms with Gasteiger partial charge in [-0.3, -0.25) is 0 Å². The van der Waals surface area contributed by atoms with Crippen molar-refractivity contribution in [2.75, 3.05) is 6.54 Å². The Hall–Kier alpha value is -0.310. The van der Waals surface area contributed by atoms with E-state index in [-0.39, 0.29) is 0 Å². The van der Waals surface area contributed by atoms with Crippen LogP contribution in [0.1, 0.15) is 11.8 Å². The SMILES string of the molecule is C/C=C/CNCc1ccc(Cl)s1. The Bertz CT molecular complexity index is 255. The molecule has 1 N–H and O–H groups in total. The van der Waals surface area contributed by atoms with Crippen molar-refractivity contribution in [3.63, 3.8) is 0 Å². The van der Waals surface area contributed by atoms with Crippen molar-refractivity contribution in [1.82, 2.24) is 5.32 Å². The lowest BCUT2D eigenvalue weighted by molar-refractivity contribution is 0.769. The average Bonchev–Trinajstić information content (AvgIpc) is 2.45. The molecule has 0 bridgehead atoms. The third kappa shape index (κ3) is 3.39. The zero-order valence-electron chi connectivity index (χ0n) is 7.01. The van der Waals surface area contributed by atoms with Gasteiger partial charge in [-0.2, -0.15) is 0 Å². The molecule has 3 heteroatoms. The van der Waals surface area contributed by atoms with E-state index < -0.39 is 0 Å². The van der Waals surface area contributed by atoms with Crippen LogP contribution in [0, 0.1) is 0 Å². The molecule has 66 valence electrons. The van der Waals surface area contributed by atoms with Crippen LogP contribution in [-0.2, 0) is 6.54 Å². The van der Waals surface area contributed by atoms with Gasteiger partial charge in [0.1, 0.15) is 0 Å². The molecule has 1 rings (SSSR count). The lowest BCUT2D eigenvalue weighted by Crippen LogP contribution is -2.11. The number of nitrogens with one attached hydrogen (secondary N) is 1. The Kier molecular flexibility index (Phi) is 4.36. The van der Waals surface area contributed by atoms with Gasteiger partial charge in [0.25, 0.3) is 0 Å². The third-order valence-corrected chi connectivity index (χ3v) is 2.66. The van der Waals surface area contributed by atoms with Crippen molar-refractivity contribution in [3.8, 4) is 0 Å². The van der Waals surface area contributed by atoms with Crippen LogP contribution in [0.15, 0.2) is 24.3 Å². The lowest BCUT2D eigenvalue weighted by Gasteiger charge is -1.96. The summed E-state index contributed by atoms with van der Waals surface area (Å²) in [6.07, 6.45) is 4.13. The Morgan fingerprint density at radius 2 is 2.42 bits per heavy atom. The molecular weight excluding hydrogens is 190 g/mol. The molecule has 0 aromatic carbocycles. The molecule has 0 aliphatic rings. The van der Waals surface area contributed by atoms with Gasteiger partial charge < -0.3 is 5.32 Å². The van der Waals surface area contributed by atoms with Gasteiger partial charge in [0.2, 0.25) is 0 Å². The molecule has 1 aromatic rings. The van der Waals surface area contributed by atoms with Crippen LogP contribution in [0.5, 0.6) is 0 Å². The van der Waals surface area contributed by atoms with Crippen molar-refractivity contribution in [3.05, 3.63) is 33.5 Å². The van der Waals surface area contributed by atoms with E-state index in [1.807, 2.05) is 19.1 Å². The predicted octanol–water partition coefficient (Wildman–Crippen LogP) is 3.07.